The third-order valence-electron chi connectivity index (χ3n) is 5.90. The van der Waals surface area contributed by atoms with Crippen molar-refractivity contribution < 1.29 is 15.0 Å². The van der Waals surface area contributed by atoms with E-state index < -0.39 is 5.97 Å². The highest BCUT2D eigenvalue weighted by molar-refractivity contribution is 7.13. The third-order valence-corrected chi connectivity index (χ3v) is 7.03. The van der Waals surface area contributed by atoms with Crippen molar-refractivity contribution in [2.75, 3.05) is 0 Å². The minimum Gasteiger partial charge on any atom is -0.477 e. The number of aliphatic hydroxyl groups excluding tert-OH is 1. The van der Waals surface area contributed by atoms with E-state index in [-0.39, 0.29) is 11.5 Å². The molecule has 3 rings (SSSR count). The summed E-state index contributed by atoms with van der Waals surface area (Å²) in [6.07, 6.45) is 18.1. The van der Waals surface area contributed by atoms with Gasteiger partial charge in [0.2, 0.25) is 0 Å². The van der Waals surface area contributed by atoms with Crippen molar-refractivity contribution in [2.24, 2.45) is 5.41 Å². The minimum absolute atomic E-state index is 0.121. The summed E-state index contributed by atoms with van der Waals surface area (Å²) < 4.78 is 0. The van der Waals surface area contributed by atoms with Gasteiger partial charge in [0.05, 0.1) is 6.10 Å². The molecule has 0 amide bonds. The number of thiophene rings is 1. The molecule has 3 nitrogen and oxygen atoms in total. The van der Waals surface area contributed by atoms with Crippen LogP contribution in [0.2, 0.25) is 0 Å². The van der Waals surface area contributed by atoms with Gasteiger partial charge in [-0.2, -0.15) is 0 Å². The van der Waals surface area contributed by atoms with Crippen molar-refractivity contribution in [1.29, 1.82) is 0 Å². The highest BCUT2D eigenvalue weighted by Crippen LogP contribution is 2.47. The molecule has 2 aliphatic carbocycles. The quantitative estimate of drug-likeness (QED) is 0.418. The van der Waals surface area contributed by atoms with Gasteiger partial charge in [-0.25, -0.2) is 4.79 Å². The zero-order valence-electron chi connectivity index (χ0n) is 20.7. The molecular formula is C27H46O3S. The average Bonchev–Trinajstić information content (AvgIpc) is 3.44. The number of carboxylic acid groups (broad SMARTS) is 1. The summed E-state index contributed by atoms with van der Waals surface area (Å²) in [5, 5.41) is 18.8. The van der Waals surface area contributed by atoms with E-state index in [4.69, 9.17) is 5.11 Å². The second-order valence-corrected chi connectivity index (χ2v) is 8.88. The topological polar surface area (TPSA) is 57.5 Å². The number of aromatic carboxylic acids is 1. The molecule has 0 aromatic carbocycles. The molecule has 0 radical (unpaired) electrons. The largest absolute Gasteiger partial charge is 0.477 e. The summed E-state index contributed by atoms with van der Waals surface area (Å²) >= 11 is 1.37. The maximum absolute atomic E-state index is 10.4. The van der Waals surface area contributed by atoms with E-state index in [1.54, 1.807) is 6.07 Å². The predicted molar refractivity (Wildman–Crippen MR) is 136 cm³/mol. The highest BCUT2D eigenvalue weighted by Gasteiger charge is 2.40. The molecule has 1 aromatic rings. The first-order chi connectivity index (χ1) is 15.0. The van der Waals surface area contributed by atoms with Crippen molar-refractivity contribution in [3.05, 3.63) is 45.7 Å². The van der Waals surface area contributed by atoms with Gasteiger partial charge in [0.25, 0.3) is 0 Å². The van der Waals surface area contributed by atoms with Gasteiger partial charge in [-0.1, -0.05) is 78.2 Å². The monoisotopic (exact) mass is 450 g/mol. The Morgan fingerprint density at radius 2 is 1.84 bits per heavy atom. The summed E-state index contributed by atoms with van der Waals surface area (Å²) in [7, 11) is 0. The van der Waals surface area contributed by atoms with Crippen molar-refractivity contribution in [3.63, 3.8) is 0 Å². The van der Waals surface area contributed by atoms with Crippen LogP contribution in [0, 0.1) is 5.41 Å². The Morgan fingerprint density at radius 1 is 1.16 bits per heavy atom. The van der Waals surface area contributed by atoms with Crippen LogP contribution < -0.4 is 0 Å². The number of rotatable bonds is 8. The number of aryl methyl sites for hydroxylation is 1. The smallest absolute Gasteiger partial charge is 0.345 e. The lowest BCUT2D eigenvalue weighted by Gasteiger charge is -2.45. The van der Waals surface area contributed by atoms with Crippen molar-refractivity contribution in [1.82, 2.24) is 0 Å². The second-order valence-electron chi connectivity index (χ2n) is 7.72. The molecule has 1 fully saturated rings. The first-order valence-corrected chi connectivity index (χ1v) is 13.2. The molecule has 178 valence electrons. The number of allylic oxidation sites excluding steroid dienone is 3. The maximum atomic E-state index is 10.4. The van der Waals surface area contributed by atoms with Crippen LogP contribution in [0.4, 0.5) is 0 Å². The van der Waals surface area contributed by atoms with E-state index >= 15 is 0 Å². The second kappa shape index (κ2) is 17.2. The molecular weight excluding hydrogens is 404 g/mol. The normalized spacial score (nSPS) is 17.1. The molecule has 0 aliphatic heterocycles. The van der Waals surface area contributed by atoms with Crippen LogP contribution in [0.1, 0.15) is 114 Å². The van der Waals surface area contributed by atoms with Gasteiger partial charge in [0, 0.05) is 4.88 Å². The molecule has 2 N–H and O–H groups in total. The Labute approximate surface area is 195 Å². The molecule has 1 saturated carbocycles. The summed E-state index contributed by atoms with van der Waals surface area (Å²) in [6.45, 7) is 12.3. The lowest BCUT2D eigenvalue weighted by Crippen LogP contribution is -2.40. The molecule has 31 heavy (non-hydrogen) atoms. The fourth-order valence-corrected chi connectivity index (χ4v) is 4.82. The molecule has 1 atom stereocenters. The predicted octanol–water partition coefficient (Wildman–Crippen LogP) is 8.44. The molecule has 0 bridgehead atoms. The third kappa shape index (κ3) is 10.2. The maximum Gasteiger partial charge on any atom is 0.345 e. The highest BCUT2D eigenvalue weighted by atomic mass is 32.1. The summed E-state index contributed by atoms with van der Waals surface area (Å²) in [5.74, 6) is -0.822. The van der Waals surface area contributed by atoms with Crippen LogP contribution in [0.15, 0.2) is 35.9 Å². The fraction of sp³-hybridized carbons (Fsp3) is 0.667. The van der Waals surface area contributed by atoms with Gasteiger partial charge in [-0.15, -0.1) is 11.3 Å². The number of hydrogen-bond donors (Lipinski definition) is 2. The Balaban J connectivity index is 0.000000526. The first kappa shape index (κ1) is 29.6. The van der Waals surface area contributed by atoms with E-state index in [1.165, 1.54) is 55.4 Å². The minimum atomic E-state index is -0.822. The Kier molecular flexibility index (Phi) is 16.4. The lowest BCUT2D eigenvalue weighted by molar-refractivity contribution is -0.0354. The van der Waals surface area contributed by atoms with Crippen molar-refractivity contribution >= 4 is 17.3 Å². The summed E-state index contributed by atoms with van der Waals surface area (Å²) in [5.41, 5.74) is 1.72. The van der Waals surface area contributed by atoms with Crippen LogP contribution in [0.5, 0.6) is 0 Å². The van der Waals surface area contributed by atoms with Crippen LogP contribution in [-0.2, 0) is 6.42 Å². The van der Waals surface area contributed by atoms with E-state index in [1.807, 2.05) is 33.8 Å². The number of carboxylic acids is 1. The Morgan fingerprint density at radius 3 is 2.26 bits per heavy atom. The molecule has 0 spiro atoms. The Hall–Kier alpha value is -1.39. The Bertz CT molecular complexity index is 648. The average molecular weight is 451 g/mol. The van der Waals surface area contributed by atoms with Gasteiger partial charge >= 0.3 is 5.97 Å². The number of hydrogen-bond acceptors (Lipinski definition) is 3. The van der Waals surface area contributed by atoms with Crippen molar-refractivity contribution in [2.45, 2.75) is 112 Å². The summed E-state index contributed by atoms with van der Waals surface area (Å²) in [4.78, 5) is 12.0. The van der Waals surface area contributed by atoms with E-state index in [2.05, 4.69) is 32.1 Å². The standard InChI is InChI=1S/C15H24O.C8H10O2S.2C2H6/c1-2-15(11-6-12-15)14(16)10-5-9-13-7-3-4-8-13;1-2-3-6-4-5-7(11-6)8(9)10;2*1-2/h5,7,9,14,16H,2-4,6,8,10-12H2,1H3;4-5H,2-3H2,1H3,(H,9,10);2*1-2H3/b9-5+;;;. The molecule has 1 heterocycles. The molecule has 4 heteroatoms. The lowest BCUT2D eigenvalue weighted by atomic mass is 9.63. The van der Waals surface area contributed by atoms with E-state index in [9.17, 15) is 9.90 Å². The van der Waals surface area contributed by atoms with Crippen LogP contribution in [0.25, 0.3) is 0 Å². The van der Waals surface area contributed by atoms with Gasteiger partial charge in [0.1, 0.15) is 4.88 Å². The molecule has 2 aliphatic rings. The van der Waals surface area contributed by atoms with Gasteiger partial charge in [-0.3, -0.25) is 0 Å². The SMILES string of the molecule is CC.CC.CCC1(C(O)C/C=C/C2=CCCC2)CCC1.CCCc1ccc(C(=O)O)s1. The first-order valence-electron chi connectivity index (χ1n) is 12.4. The summed E-state index contributed by atoms with van der Waals surface area (Å²) in [6, 6.07) is 3.55. The van der Waals surface area contributed by atoms with Crippen LogP contribution in [0.3, 0.4) is 0 Å². The van der Waals surface area contributed by atoms with Gasteiger partial charge < -0.3 is 10.2 Å². The van der Waals surface area contributed by atoms with E-state index in [0.29, 0.717) is 4.88 Å². The zero-order valence-corrected chi connectivity index (χ0v) is 21.6. The molecule has 1 aromatic heterocycles. The zero-order chi connectivity index (χ0) is 23.7. The van der Waals surface area contributed by atoms with Gasteiger partial charge in [0.15, 0.2) is 0 Å². The molecule has 1 unspecified atom stereocenters. The van der Waals surface area contributed by atoms with E-state index in [0.717, 1.165) is 30.6 Å². The fourth-order valence-electron chi connectivity index (χ4n) is 3.87. The molecule has 0 saturated heterocycles. The van der Waals surface area contributed by atoms with Crippen molar-refractivity contribution in [3.8, 4) is 0 Å². The number of carbonyl (C=O) groups is 1. The van der Waals surface area contributed by atoms with Crippen LogP contribution >= 0.6 is 11.3 Å². The number of aliphatic hydroxyl groups is 1. The van der Waals surface area contributed by atoms with Crippen LogP contribution in [-0.4, -0.2) is 22.3 Å². The van der Waals surface area contributed by atoms with Gasteiger partial charge in [-0.05, 0) is 68.9 Å².